The van der Waals surface area contributed by atoms with E-state index in [-0.39, 0.29) is 23.9 Å². The minimum Gasteiger partial charge on any atom is -0.344 e. The summed E-state index contributed by atoms with van der Waals surface area (Å²) in [6, 6.07) is 0. The molecule has 1 unspecified atom stereocenters. The van der Waals surface area contributed by atoms with Crippen LogP contribution in [-0.2, 0) is 4.79 Å². The van der Waals surface area contributed by atoms with Gasteiger partial charge in [0.05, 0.1) is 5.54 Å². The number of piperidine rings is 1. The third-order valence-corrected chi connectivity index (χ3v) is 3.67. The first-order valence-electron chi connectivity index (χ1n) is 6.12. The van der Waals surface area contributed by atoms with E-state index in [1.54, 1.807) is 0 Å². The molecular formula is C12H23ClN2O. The summed E-state index contributed by atoms with van der Waals surface area (Å²) in [4.78, 5) is 14.2. The van der Waals surface area contributed by atoms with Crippen LogP contribution < -0.4 is 5.32 Å². The Hall–Kier alpha value is -0.280. The summed E-state index contributed by atoms with van der Waals surface area (Å²) in [6.07, 6.45) is 5.98. The lowest BCUT2D eigenvalue weighted by Crippen LogP contribution is -2.57. The second-order valence-electron chi connectivity index (χ2n) is 5.35. The lowest BCUT2D eigenvalue weighted by Gasteiger charge is -2.36. The number of nitrogens with one attached hydrogen (secondary N) is 1. The molecule has 1 amide bonds. The molecule has 1 N–H and O–H groups in total. The molecule has 3 nitrogen and oxygen atoms in total. The second kappa shape index (κ2) is 5.37. The van der Waals surface area contributed by atoms with Crippen LogP contribution in [0.1, 0.15) is 39.0 Å². The Kier molecular flexibility index (Phi) is 4.62. The zero-order valence-corrected chi connectivity index (χ0v) is 11.1. The van der Waals surface area contributed by atoms with Crippen molar-refractivity contribution in [1.82, 2.24) is 10.2 Å². The Morgan fingerprint density at radius 1 is 1.44 bits per heavy atom. The first-order valence-corrected chi connectivity index (χ1v) is 6.12. The van der Waals surface area contributed by atoms with Crippen LogP contribution in [-0.4, -0.2) is 36.5 Å². The van der Waals surface area contributed by atoms with Crippen molar-refractivity contribution in [3.05, 3.63) is 0 Å². The van der Waals surface area contributed by atoms with Gasteiger partial charge in [0.15, 0.2) is 0 Å². The van der Waals surface area contributed by atoms with Crippen LogP contribution in [0.3, 0.4) is 0 Å². The van der Waals surface area contributed by atoms with Gasteiger partial charge in [-0.15, -0.1) is 12.4 Å². The maximum absolute atomic E-state index is 12.2. The predicted molar refractivity (Wildman–Crippen MR) is 67.9 cm³/mol. The molecule has 94 valence electrons. The lowest BCUT2D eigenvalue weighted by molar-refractivity contribution is -0.137. The number of likely N-dealkylation sites (N-methyl/N-ethyl adjacent to an activating group) is 1. The molecule has 0 aromatic carbocycles. The van der Waals surface area contributed by atoms with E-state index in [1.807, 2.05) is 11.9 Å². The number of halogens is 1. The number of rotatable bonds is 3. The molecule has 0 spiro atoms. The van der Waals surface area contributed by atoms with E-state index >= 15 is 0 Å². The number of nitrogens with zero attached hydrogens (tertiary/aromatic N) is 1. The molecule has 0 bridgehead atoms. The molecule has 2 aliphatic rings. The van der Waals surface area contributed by atoms with Crippen LogP contribution in [0, 0.1) is 5.92 Å². The molecule has 1 saturated carbocycles. The highest BCUT2D eigenvalue weighted by atomic mass is 35.5. The summed E-state index contributed by atoms with van der Waals surface area (Å²) >= 11 is 0. The van der Waals surface area contributed by atoms with Crippen LogP contribution >= 0.6 is 12.4 Å². The summed E-state index contributed by atoms with van der Waals surface area (Å²) in [5, 5.41) is 3.38. The van der Waals surface area contributed by atoms with E-state index in [4.69, 9.17) is 0 Å². The van der Waals surface area contributed by atoms with E-state index in [0.29, 0.717) is 0 Å². The van der Waals surface area contributed by atoms with Crippen molar-refractivity contribution in [2.45, 2.75) is 44.6 Å². The predicted octanol–water partition coefficient (Wildman–Crippen LogP) is 1.81. The standard InChI is InChI=1S/C12H22N2O.ClH/c1-12(7-3-4-8-13-12)11(15)14(2)9-10-5-6-10;/h10,13H,3-9H2,1-2H3;1H. The third-order valence-electron chi connectivity index (χ3n) is 3.67. The Balaban J connectivity index is 0.00000128. The Bertz CT molecular complexity index is 247. The van der Waals surface area contributed by atoms with Crippen LogP contribution in [0.5, 0.6) is 0 Å². The fourth-order valence-corrected chi connectivity index (χ4v) is 2.43. The summed E-state index contributed by atoms with van der Waals surface area (Å²) < 4.78 is 0. The van der Waals surface area contributed by atoms with Crippen molar-refractivity contribution in [1.29, 1.82) is 0 Å². The largest absolute Gasteiger partial charge is 0.344 e. The van der Waals surface area contributed by atoms with Gasteiger partial charge in [-0.25, -0.2) is 0 Å². The average molecular weight is 247 g/mol. The molecule has 2 fully saturated rings. The van der Waals surface area contributed by atoms with Crippen molar-refractivity contribution in [2.75, 3.05) is 20.1 Å². The van der Waals surface area contributed by atoms with Gasteiger partial charge in [-0.2, -0.15) is 0 Å². The minimum absolute atomic E-state index is 0. The summed E-state index contributed by atoms with van der Waals surface area (Å²) in [5.41, 5.74) is -0.290. The monoisotopic (exact) mass is 246 g/mol. The highest BCUT2D eigenvalue weighted by molar-refractivity contribution is 5.86. The maximum Gasteiger partial charge on any atom is 0.242 e. The van der Waals surface area contributed by atoms with Crippen LogP contribution in [0.2, 0.25) is 0 Å². The summed E-state index contributed by atoms with van der Waals surface area (Å²) in [7, 11) is 1.95. The van der Waals surface area contributed by atoms with E-state index < -0.39 is 0 Å². The van der Waals surface area contributed by atoms with E-state index in [9.17, 15) is 4.79 Å². The molecule has 1 atom stereocenters. The van der Waals surface area contributed by atoms with Crippen molar-refractivity contribution in [3.63, 3.8) is 0 Å². The molecule has 0 aromatic rings. The summed E-state index contributed by atoms with van der Waals surface area (Å²) in [5.74, 6) is 1.07. The quantitative estimate of drug-likeness (QED) is 0.824. The highest BCUT2D eigenvalue weighted by Crippen LogP contribution is 2.30. The SMILES string of the molecule is CN(CC1CC1)C(=O)C1(C)CCCCN1.Cl. The van der Waals surface area contributed by atoms with Crippen molar-refractivity contribution in [2.24, 2.45) is 5.92 Å². The van der Waals surface area contributed by atoms with Gasteiger partial charge in [0.25, 0.3) is 0 Å². The molecule has 1 heterocycles. The molecule has 16 heavy (non-hydrogen) atoms. The Labute approximate surface area is 104 Å². The van der Waals surface area contributed by atoms with Gasteiger partial charge in [0.1, 0.15) is 0 Å². The molecular weight excluding hydrogens is 224 g/mol. The average Bonchev–Trinajstić information content (AvgIpc) is 3.01. The fraction of sp³-hybridized carbons (Fsp3) is 0.917. The molecule has 1 aliphatic heterocycles. The molecule has 4 heteroatoms. The minimum atomic E-state index is -0.290. The first-order chi connectivity index (χ1) is 7.12. The number of carbonyl (C=O) groups excluding carboxylic acids is 1. The van der Waals surface area contributed by atoms with Gasteiger partial charge in [-0.3, -0.25) is 4.79 Å². The smallest absolute Gasteiger partial charge is 0.242 e. The van der Waals surface area contributed by atoms with Gasteiger partial charge < -0.3 is 10.2 Å². The Morgan fingerprint density at radius 3 is 2.62 bits per heavy atom. The molecule has 1 aliphatic carbocycles. The highest BCUT2D eigenvalue weighted by Gasteiger charge is 2.37. The van der Waals surface area contributed by atoms with Crippen LogP contribution in [0.15, 0.2) is 0 Å². The molecule has 0 radical (unpaired) electrons. The molecule has 1 saturated heterocycles. The van der Waals surface area contributed by atoms with Crippen molar-refractivity contribution in [3.8, 4) is 0 Å². The Morgan fingerprint density at radius 2 is 2.12 bits per heavy atom. The van der Waals surface area contributed by atoms with Crippen LogP contribution in [0.25, 0.3) is 0 Å². The maximum atomic E-state index is 12.2. The van der Waals surface area contributed by atoms with Crippen LogP contribution in [0.4, 0.5) is 0 Å². The lowest BCUT2D eigenvalue weighted by atomic mass is 9.89. The van der Waals surface area contributed by atoms with Gasteiger partial charge in [0.2, 0.25) is 5.91 Å². The number of hydrogen-bond donors (Lipinski definition) is 1. The van der Waals surface area contributed by atoms with Gasteiger partial charge in [-0.1, -0.05) is 0 Å². The second-order valence-corrected chi connectivity index (χ2v) is 5.35. The normalized spacial score (nSPS) is 29.4. The third kappa shape index (κ3) is 3.11. The van der Waals surface area contributed by atoms with Gasteiger partial charge in [-0.05, 0) is 51.5 Å². The van der Waals surface area contributed by atoms with E-state index in [0.717, 1.165) is 25.4 Å². The fourth-order valence-electron chi connectivity index (χ4n) is 2.43. The van der Waals surface area contributed by atoms with E-state index in [2.05, 4.69) is 12.2 Å². The van der Waals surface area contributed by atoms with E-state index in [1.165, 1.54) is 25.7 Å². The zero-order chi connectivity index (χ0) is 10.9. The van der Waals surface area contributed by atoms with Crippen molar-refractivity contribution < 1.29 is 4.79 Å². The number of hydrogen-bond acceptors (Lipinski definition) is 2. The van der Waals surface area contributed by atoms with Gasteiger partial charge >= 0.3 is 0 Å². The van der Waals surface area contributed by atoms with Gasteiger partial charge in [0, 0.05) is 13.6 Å². The molecule has 0 aromatic heterocycles. The summed E-state index contributed by atoms with van der Waals surface area (Å²) in [6.45, 7) is 3.99. The first kappa shape index (κ1) is 13.8. The number of carbonyl (C=O) groups is 1. The topological polar surface area (TPSA) is 32.3 Å². The van der Waals surface area contributed by atoms with Crippen molar-refractivity contribution >= 4 is 18.3 Å². The number of amides is 1. The zero-order valence-electron chi connectivity index (χ0n) is 10.3. The molecule has 2 rings (SSSR count).